The van der Waals surface area contributed by atoms with Gasteiger partial charge in [0.25, 0.3) is 0 Å². The first-order valence-corrected chi connectivity index (χ1v) is 10.4. The van der Waals surface area contributed by atoms with Crippen LogP contribution in [0.1, 0.15) is 42.9 Å². The molecule has 0 fully saturated rings. The van der Waals surface area contributed by atoms with Gasteiger partial charge in [0.2, 0.25) is 0 Å². The van der Waals surface area contributed by atoms with Gasteiger partial charge in [-0.25, -0.2) is 9.78 Å². The maximum absolute atomic E-state index is 12.3. The van der Waals surface area contributed by atoms with Crippen LogP contribution in [0.3, 0.4) is 0 Å². The summed E-state index contributed by atoms with van der Waals surface area (Å²) in [6.45, 7) is 6.07. The highest BCUT2D eigenvalue weighted by atomic mass is 32.1. The van der Waals surface area contributed by atoms with E-state index in [2.05, 4.69) is 10.3 Å². The van der Waals surface area contributed by atoms with Gasteiger partial charge in [0, 0.05) is 11.6 Å². The average molecular weight is 411 g/mol. The summed E-state index contributed by atoms with van der Waals surface area (Å²) in [6.07, 6.45) is 1.91. The molecule has 0 spiro atoms. The van der Waals surface area contributed by atoms with Crippen LogP contribution in [0.5, 0.6) is 5.75 Å². The predicted octanol–water partition coefficient (Wildman–Crippen LogP) is 5.53. The fourth-order valence-corrected chi connectivity index (χ4v) is 3.44. The van der Waals surface area contributed by atoms with E-state index in [1.165, 1.54) is 11.3 Å². The molecule has 6 heteroatoms. The molecule has 1 heterocycles. The van der Waals surface area contributed by atoms with Crippen molar-refractivity contribution in [2.45, 2.75) is 45.4 Å². The van der Waals surface area contributed by atoms with Crippen LogP contribution in [-0.2, 0) is 17.8 Å². The summed E-state index contributed by atoms with van der Waals surface area (Å²) in [5, 5.41) is 5.69. The molecule has 0 bridgehead atoms. The van der Waals surface area contributed by atoms with Gasteiger partial charge in [0.05, 0.1) is 6.04 Å². The minimum atomic E-state index is -0.546. The SMILES string of the molecule is CC(C)(C)OC(=O)NC(Cc1ccc(OCc2ccccc2)cc1)c1nccs1. The van der Waals surface area contributed by atoms with Crippen molar-refractivity contribution in [1.29, 1.82) is 0 Å². The van der Waals surface area contributed by atoms with Crippen molar-refractivity contribution in [3.8, 4) is 5.75 Å². The molecule has 1 amide bonds. The first kappa shape index (κ1) is 20.9. The molecular formula is C23H26N2O3S. The van der Waals surface area contributed by atoms with Crippen molar-refractivity contribution in [2.24, 2.45) is 0 Å². The molecule has 29 heavy (non-hydrogen) atoms. The smallest absolute Gasteiger partial charge is 0.408 e. The number of ether oxygens (including phenoxy) is 2. The van der Waals surface area contributed by atoms with E-state index in [1.807, 2.05) is 80.7 Å². The zero-order valence-corrected chi connectivity index (χ0v) is 17.7. The molecular weight excluding hydrogens is 384 g/mol. The average Bonchev–Trinajstić information content (AvgIpc) is 3.21. The Labute approximate surface area is 175 Å². The molecule has 0 aliphatic rings. The molecule has 0 aliphatic carbocycles. The highest BCUT2D eigenvalue weighted by Gasteiger charge is 2.22. The molecule has 1 aromatic heterocycles. The normalized spacial score (nSPS) is 12.2. The van der Waals surface area contributed by atoms with E-state index in [0.29, 0.717) is 13.0 Å². The van der Waals surface area contributed by atoms with Crippen LogP contribution < -0.4 is 10.1 Å². The maximum Gasteiger partial charge on any atom is 0.408 e. The maximum atomic E-state index is 12.3. The monoisotopic (exact) mass is 410 g/mol. The molecule has 3 rings (SSSR count). The third-order valence-electron chi connectivity index (χ3n) is 4.05. The van der Waals surface area contributed by atoms with Crippen LogP contribution in [0.2, 0.25) is 0 Å². The van der Waals surface area contributed by atoms with Gasteiger partial charge in [-0.2, -0.15) is 0 Å². The number of benzene rings is 2. The van der Waals surface area contributed by atoms with Gasteiger partial charge in [0.15, 0.2) is 0 Å². The second kappa shape index (κ2) is 9.56. The summed E-state index contributed by atoms with van der Waals surface area (Å²) in [4.78, 5) is 16.6. The lowest BCUT2D eigenvalue weighted by Crippen LogP contribution is -2.35. The van der Waals surface area contributed by atoms with Gasteiger partial charge in [-0.1, -0.05) is 42.5 Å². The van der Waals surface area contributed by atoms with Crippen LogP contribution in [-0.4, -0.2) is 16.7 Å². The van der Waals surface area contributed by atoms with E-state index < -0.39 is 11.7 Å². The Morgan fingerprint density at radius 3 is 2.41 bits per heavy atom. The third kappa shape index (κ3) is 6.91. The number of carbonyl (C=O) groups is 1. The number of alkyl carbamates (subject to hydrolysis) is 1. The van der Waals surface area contributed by atoms with E-state index >= 15 is 0 Å². The first-order chi connectivity index (χ1) is 13.9. The van der Waals surface area contributed by atoms with Gasteiger partial charge in [-0.15, -0.1) is 11.3 Å². The zero-order valence-electron chi connectivity index (χ0n) is 16.9. The Kier molecular flexibility index (Phi) is 6.88. The summed E-state index contributed by atoms with van der Waals surface area (Å²) in [6, 6.07) is 17.7. The molecule has 1 unspecified atom stereocenters. The number of rotatable bonds is 7. The van der Waals surface area contributed by atoms with Crippen molar-refractivity contribution in [1.82, 2.24) is 10.3 Å². The lowest BCUT2D eigenvalue weighted by Gasteiger charge is -2.23. The fourth-order valence-electron chi connectivity index (χ4n) is 2.75. The van der Waals surface area contributed by atoms with Crippen LogP contribution in [0.15, 0.2) is 66.2 Å². The zero-order chi connectivity index (χ0) is 20.7. The summed E-state index contributed by atoms with van der Waals surface area (Å²) in [5.74, 6) is 0.809. The topological polar surface area (TPSA) is 60.5 Å². The van der Waals surface area contributed by atoms with Crippen molar-refractivity contribution in [3.05, 3.63) is 82.3 Å². The van der Waals surface area contributed by atoms with Gasteiger partial charge in [-0.3, -0.25) is 0 Å². The van der Waals surface area contributed by atoms with E-state index in [-0.39, 0.29) is 6.04 Å². The van der Waals surface area contributed by atoms with Gasteiger partial charge in [-0.05, 0) is 50.5 Å². The Bertz CT molecular complexity index is 888. The third-order valence-corrected chi connectivity index (χ3v) is 4.94. The number of nitrogens with zero attached hydrogens (tertiary/aromatic N) is 1. The molecule has 152 valence electrons. The second-order valence-corrected chi connectivity index (χ2v) is 8.62. The van der Waals surface area contributed by atoms with Crippen LogP contribution >= 0.6 is 11.3 Å². The Morgan fingerprint density at radius 1 is 1.07 bits per heavy atom. The minimum Gasteiger partial charge on any atom is -0.489 e. The number of amides is 1. The van der Waals surface area contributed by atoms with Gasteiger partial charge in [0.1, 0.15) is 23.0 Å². The number of nitrogens with one attached hydrogen (secondary N) is 1. The second-order valence-electron chi connectivity index (χ2n) is 7.69. The molecule has 0 saturated carbocycles. The van der Waals surface area contributed by atoms with E-state index in [1.54, 1.807) is 6.20 Å². The lowest BCUT2D eigenvalue weighted by atomic mass is 10.1. The van der Waals surface area contributed by atoms with Crippen molar-refractivity contribution in [2.75, 3.05) is 0 Å². The van der Waals surface area contributed by atoms with Crippen LogP contribution in [0.4, 0.5) is 4.79 Å². The summed E-state index contributed by atoms with van der Waals surface area (Å²) >= 11 is 1.51. The molecule has 1 N–H and O–H groups in total. The molecule has 5 nitrogen and oxygen atoms in total. The summed E-state index contributed by atoms with van der Waals surface area (Å²) in [7, 11) is 0. The Balaban J connectivity index is 1.62. The standard InChI is InChI=1S/C23H26N2O3S/c1-23(2,3)28-22(26)25-20(21-24-13-14-29-21)15-17-9-11-19(12-10-17)27-16-18-7-5-4-6-8-18/h4-14,20H,15-16H2,1-3H3,(H,25,26). The molecule has 3 aromatic rings. The van der Waals surface area contributed by atoms with Gasteiger partial charge < -0.3 is 14.8 Å². The molecule has 1 atom stereocenters. The minimum absolute atomic E-state index is 0.249. The van der Waals surface area contributed by atoms with Crippen LogP contribution in [0, 0.1) is 0 Å². The van der Waals surface area contributed by atoms with Crippen molar-refractivity contribution in [3.63, 3.8) is 0 Å². The fraction of sp³-hybridized carbons (Fsp3) is 0.304. The first-order valence-electron chi connectivity index (χ1n) is 9.53. The molecule has 0 aliphatic heterocycles. The van der Waals surface area contributed by atoms with E-state index in [9.17, 15) is 4.79 Å². The Morgan fingerprint density at radius 2 is 1.79 bits per heavy atom. The number of hydrogen-bond acceptors (Lipinski definition) is 5. The number of carbonyl (C=O) groups excluding carboxylic acids is 1. The molecule has 0 saturated heterocycles. The quantitative estimate of drug-likeness (QED) is 0.556. The van der Waals surface area contributed by atoms with Crippen molar-refractivity contribution >= 4 is 17.4 Å². The number of aromatic nitrogens is 1. The van der Waals surface area contributed by atoms with E-state index in [0.717, 1.165) is 21.9 Å². The molecule has 0 radical (unpaired) electrons. The number of thiazole rings is 1. The highest BCUT2D eigenvalue weighted by molar-refractivity contribution is 7.09. The summed E-state index contributed by atoms with van der Waals surface area (Å²) in [5.41, 5.74) is 1.66. The predicted molar refractivity (Wildman–Crippen MR) is 115 cm³/mol. The highest BCUT2D eigenvalue weighted by Crippen LogP contribution is 2.23. The van der Waals surface area contributed by atoms with Gasteiger partial charge >= 0.3 is 6.09 Å². The summed E-state index contributed by atoms with van der Waals surface area (Å²) < 4.78 is 11.2. The largest absolute Gasteiger partial charge is 0.489 e. The van der Waals surface area contributed by atoms with Crippen LogP contribution in [0.25, 0.3) is 0 Å². The number of hydrogen-bond donors (Lipinski definition) is 1. The Hall–Kier alpha value is -2.86. The lowest BCUT2D eigenvalue weighted by molar-refractivity contribution is 0.0503. The van der Waals surface area contributed by atoms with E-state index in [4.69, 9.17) is 9.47 Å². The van der Waals surface area contributed by atoms with Crippen molar-refractivity contribution < 1.29 is 14.3 Å². The molecule has 2 aromatic carbocycles.